The molecule has 10 heteroatoms. The van der Waals surface area contributed by atoms with E-state index in [2.05, 4.69) is 5.32 Å². The second kappa shape index (κ2) is 7.27. The number of carboxylic acids is 1. The maximum Gasteiger partial charge on any atom is 0.317 e. The van der Waals surface area contributed by atoms with E-state index in [1.54, 1.807) is 23.1 Å². The summed E-state index contributed by atoms with van der Waals surface area (Å²) in [7, 11) is -3.74. The predicted molar refractivity (Wildman–Crippen MR) is 96.5 cm³/mol. The van der Waals surface area contributed by atoms with Gasteiger partial charge in [0, 0.05) is 32.1 Å². The lowest BCUT2D eigenvalue weighted by Gasteiger charge is -2.30. The number of fused-ring (bicyclic) bond motifs is 4. The van der Waals surface area contributed by atoms with E-state index in [1.165, 1.54) is 4.31 Å². The van der Waals surface area contributed by atoms with Crippen LogP contribution in [-0.4, -0.2) is 87.3 Å². The van der Waals surface area contributed by atoms with Crippen LogP contribution in [0.2, 0.25) is 0 Å². The molecule has 27 heavy (non-hydrogen) atoms. The molecule has 0 spiro atoms. The highest BCUT2D eigenvalue weighted by Crippen LogP contribution is 2.33. The molecule has 148 valence electrons. The van der Waals surface area contributed by atoms with Crippen LogP contribution in [0, 0.1) is 5.92 Å². The van der Waals surface area contributed by atoms with Crippen molar-refractivity contribution < 1.29 is 27.8 Å². The molecule has 2 bridgehead atoms. The minimum atomic E-state index is -3.74. The van der Waals surface area contributed by atoms with Crippen molar-refractivity contribution >= 4 is 21.7 Å². The van der Waals surface area contributed by atoms with E-state index < -0.39 is 22.0 Å². The smallest absolute Gasteiger partial charge is 0.317 e. The third-order valence-electron chi connectivity index (χ3n) is 5.09. The van der Waals surface area contributed by atoms with Crippen LogP contribution in [0.1, 0.15) is 0 Å². The predicted octanol–water partition coefficient (Wildman–Crippen LogP) is -0.103. The number of anilines is 1. The van der Waals surface area contributed by atoms with Gasteiger partial charge in [-0.05, 0) is 18.2 Å². The summed E-state index contributed by atoms with van der Waals surface area (Å²) in [6.45, 7) is 2.94. The van der Waals surface area contributed by atoms with E-state index in [0.29, 0.717) is 50.8 Å². The fraction of sp³-hybridized carbons (Fsp3) is 0.588. The lowest BCUT2D eigenvalue weighted by Crippen LogP contribution is -2.47. The van der Waals surface area contributed by atoms with Crippen LogP contribution in [0.5, 0.6) is 5.75 Å². The van der Waals surface area contributed by atoms with Gasteiger partial charge in [-0.1, -0.05) is 0 Å². The van der Waals surface area contributed by atoms with Gasteiger partial charge in [-0.2, -0.15) is 4.31 Å². The molecule has 4 rings (SSSR count). The van der Waals surface area contributed by atoms with Crippen LogP contribution in [0.3, 0.4) is 0 Å². The summed E-state index contributed by atoms with van der Waals surface area (Å²) in [5, 5.41) is 12.3. The van der Waals surface area contributed by atoms with Gasteiger partial charge in [-0.25, -0.2) is 8.42 Å². The molecule has 0 aliphatic carbocycles. The van der Waals surface area contributed by atoms with Crippen LogP contribution in [0.15, 0.2) is 23.1 Å². The quantitative estimate of drug-likeness (QED) is 0.725. The van der Waals surface area contributed by atoms with Crippen molar-refractivity contribution in [2.45, 2.75) is 10.9 Å². The molecule has 2 atom stereocenters. The van der Waals surface area contributed by atoms with Crippen LogP contribution in [0.25, 0.3) is 0 Å². The fourth-order valence-electron chi connectivity index (χ4n) is 3.93. The number of carbonyl (C=O) groups is 1. The molecule has 0 radical (unpaired) electrons. The van der Waals surface area contributed by atoms with Gasteiger partial charge in [0.05, 0.1) is 36.4 Å². The number of nitrogens with zero attached hydrogens (tertiary/aromatic N) is 2. The molecule has 0 unspecified atom stereocenters. The Morgan fingerprint density at radius 2 is 2.11 bits per heavy atom. The van der Waals surface area contributed by atoms with E-state index in [0.717, 1.165) is 0 Å². The monoisotopic (exact) mass is 397 g/mol. The van der Waals surface area contributed by atoms with Gasteiger partial charge in [0.1, 0.15) is 12.4 Å². The summed E-state index contributed by atoms with van der Waals surface area (Å²) in [6, 6.07) is 4.42. The van der Waals surface area contributed by atoms with Crippen molar-refractivity contribution in [2.75, 3.05) is 57.9 Å². The Labute approximate surface area is 157 Å². The van der Waals surface area contributed by atoms with Crippen molar-refractivity contribution in [1.82, 2.24) is 9.21 Å². The lowest BCUT2D eigenvalue weighted by molar-refractivity contribution is -0.138. The Morgan fingerprint density at radius 3 is 2.93 bits per heavy atom. The molecular formula is C17H23N3O6S. The average molecular weight is 397 g/mol. The zero-order valence-corrected chi connectivity index (χ0v) is 15.7. The third kappa shape index (κ3) is 3.75. The molecule has 3 heterocycles. The highest BCUT2D eigenvalue weighted by Gasteiger charge is 2.40. The van der Waals surface area contributed by atoms with Crippen molar-refractivity contribution in [2.24, 2.45) is 5.92 Å². The fourth-order valence-corrected chi connectivity index (χ4v) is 5.64. The molecule has 2 fully saturated rings. The number of nitrogens with one attached hydrogen (secondary N) is 1. The number of carboxylic acid groups (broad SMARTS) is 1. The van der Waals surface area contributed by atoms with E-state index in [9.17, 15) is 13.2 Å². The standard InChI is InChI=1S/C17H23N3O6S/c21-17(22)9-19-6-12-7-20(13(8-19)11-25-10-12)27(23,24)14-1-2-16-15(5-14)18-3-4-26-16/h1-2,5,12-13,18H,3-4,6-11H2,(H,21,22)/t12-,13-/m0/s1. The summed E-state index contributed by atoms with van der Waals surface area (Å²) in [5.41, 5.74) is 0.670. The minimum absolute atomic E-state index is 0.0642. The first kappa shape index (κ1) is 18.5. The first-order chi connectivity index (χ1) is 12.9. The molecule has 0 amide bonds. The molecule has 1 aromatic carbocycles. The summed E-state index contributed by atoms with van der Waals surface area (Å²) in [5.74, 6) is -0.331. The summed E-state index contributed by atoms with van der Waals surface area (Å²) in [6.07, 6.45) is 0. The summed E-state index contributed by atoms with van der Waals surface area (Å²) >= 11 is 0. The third-order valence-corrected chi connectivity index (χ3v) is 7.00. The Morgan fingerprint density at radius 1 is 1.26 bits per heavy atom. The van der Waals surface area contributed by atoms with E-state index in [-0.39, 0.29) is 24.0 Å². The van der Waals surface area contributed by atoms with E-state index >= 15 is 0 Å². The van der Waals surface area contributed by atoms with Crippen LogP contribution < -0.4 is 10.1 Å². The zero-order chi connectivity index (χ0) is 19.0. The molecule has 3 aliphatic rings. The Balaban J connectivity index is 1.64. The largest absolute Gasteiger partial charge is 0.490 e. The molecule has 0 aromatic heterocycles. The Kier molecular flexibility index (Phi) is 4.97. The molecule has 3 aliphatic heterocycles. The molecule has 2 N–H and O–H groups in total. The number of benzene rings is 1. The molecule has 0 saturated carbocycles. The SMILES string of the molecule is O=C(O)CN1C[C@@H]2COC[C@H](C1)N(S(=O)(=O)c1ccc3c(c1)NCCO3)C2. The second-order valence-corrected chi connectivity index (χ2v) is 9.04. The first-order valence-electron chi connectivity index (χ1n) is 8.98. The maximum absolute atomic E-state index is 13.4. The molecule has 2 saturated heterocycles. The average Bonchev–Trinajstić information content (AvgIpc) is 2.92. The Hall–Kier alpha value is -1.88. The number of rotatable bonds is 4. The molecule has 1 aromatic rings. The highest BCUT2D eigenvalue weighted by molar-refractivity contribution is 7.89. The number of aliphatic carboxylic acids is 1. The van der Waals surface area contributed by atoms with E-state index in [1.807, 2.05) is 0 Å². The van der Waals surface area contributed by atoms with Crippen molar-refractivity contribution in [3.05, 3.63) is 18.2 Å². The van der Waals surface area contributed by atoms with Gasteiger partial charge in [0.2, 0.25) is 10.0 Å². The number of sulfonamides is 1. The second-order valence-electron chi connectivity index (χ2n) is 7.15. The normalized spacial score (nSPS) is 26.4. The molecular weight excluding hydrogens is 374 g/mol. The number of ether oxygens (including phenoxy) is 2. The van der Waals surface area contributed by atoms with Crippen molar-refractivity contribution in [3.63, 3.8) is 0 Å². The summed E-state index contributed by atoms with van der Waals surface area (Å²) in [4.78, 5) is 13.1. The Bertz CT molecular complexity index is 830. The topological polar surface area (TPSA) is 108 Å². The zero-order valence-electron chi connectivity index (χ0n) is 14.8. The van der Waals surface area contributed by atoms with Gasteiger partial charge in [-0.15, -0.1) is 0 Å². The van der Waals surface area contributed by atoms with Gasteiger partial charge in [-0.3, -0.25) is 9.69 Å². The van der Waals surface area contributed by atoms with Crippen LogP contribution in [-0.2, 0) is 19.6 Å². The van der Waals surface area contributed by atoms with Crippen LogP contribution >= 0.6 is 0 Å². The summed E-state index contributed by atoms with van der Waals surface area (Å²) < 4.78 is 39.4. The van der Waals surface area contributed by atoms with Gasteiger partial charge in [0.15, 0.2) is 0 Å². The van der Waals surface area contributed by atoms with Crippen molar-refractivity contribution in [3.8, 4) is 5.75 Å². The van der Waals surface area contributed by atoms with Crippen LogP contribution in [0.4, 0.5) is 5.69 Å². The van der Waals surface area contributed by atoms with E-state index in [4.69, 9.17) is 14.6 Å². The highest BCUT2D eigenvalue weighted by atomic mass is 32.2. The lowest BCUT2D eigenvalue weighted by atomic mass is 10.1. The van der Waals surface area contributed by atoms with Crippen molar-refractivity contribution in [1.29, 1.82) is 0 Å². The maximum atomic E-state index is 13.4. The molecule has 9 nitrogen and oxygen atoms in total. The number of hydrogen-bond donors (Lipinski definition) is 2. The first-order valence-corrected chi connectivity index (χ1v) is 10.4. The van der Waals surface area contributed by atoms with Gasteiger partial charge in [0.25, 0.3) is 0 Å². The minimum Gasteiger partial charge on any atom is -0.490 e. The number of hydrogen-bond acceptors (Lipinski definition) is 7. The van der Waals surface area contributed by atoms with Gasteiger partial charge >= 0.3 is 5.97 Å². The van der Waals surface area contributed by atoms with Gasteiger partial charge < -0.3 is 19.9 Å².